The molecule has 0 spiro atoms. The number of aromatic nitrogens is 1. The van der Waals surface area contributed by atoms with Crippen molar-refractivity contribution in [2.24, 2.45) is 5.92 Å². The van der Waals surface area contributed by atoms with Crippen LogP contribution in [0.5, 0.6) is 11.5 Å². The molecule has 0 amide bonds. The van der Waals surface area contributed by atoms with Crippen molar-refractivity contribution < 1.29 is 18.8 Å². The number of nitrogens with zero attached hydrogens (tertiary/aromatic N) is 2. The molecule has 190 valence electrons. The molecule has 5 nitrogen and oxygen atoms in total. The second-order valence-electron chi connectivity index (χ2n) is 10.0. The van der Waals surface area contributed by atoms with Crippen LogP contribution in [0.4, 0.5) is 5.69 Å². The fraction of sp³-hybridized carbons (Fsp3) is 0.419. The summed E-state index contributed by atoms with van der Waals surface area (Å²) in [5, 5.41) is 0. The standard InChI is InChI=1S/C31H39N2O3/c1-4-5-24-6-8-25(9-7-24)26-10-16-30(17-11-26)36-31(34)27-12-14-29(15-13-27)35-23-22-33-20-18-28(19-21-33)32(2)3/h10-21,24-25H,4-9,22-23H2,1-3H3/q+1. The third kappa shape index (κ3) is 7.09. The molecule has 1 aliphatic carbocycles. The topological polar surface area (TPSA) is 42.7 Å². The number of hydrogen-bond acceptors (Lipinski definition) is 4. The fourth-order valence-corrected chi connectivity index (χ4v) is 5.02. The van der Waals surface area contributed by atoms with Gasteiger partial charge >= 0.3 is 5.97 Å². The molecule has 0 bridgehead atoms. The van der Waals surface area contributed by atoms with Crippen LogP contribution in [0, 0.1) is 5.92 Å². The Bertz CT molecular complexity index is 1080. The molecule has 4 rings (SSSR count). The molecule has 1 saturated carbocycles. The number of hydrogen-bond donors (Lipinski definition) is 0. The van der Waals surface area contributed by atoms with E-state index in [1.807, 2.05) is 50.8 Å². The van der Waals surface area contributed by atoms with E-state index >= 15 is 0 Å². The lowest BCUT2D eigenvalue weighted by atomic mass is 9.77. The second kappa shape index (κ2) is 12.6. The van der Waals surface area contributed by atoms with Crippen LogP contribution in [0.3, 0.4) is 0 Å². The van der Waals surface area contributed by atoms with Crippen LogP contribution in [0.25, 0.3) is 0 Å². The maximum atomic E-state index is 12.6. The van der Waals surface area contributed by atoms with Gasteiger partial charge in [0.15, 0.2) is 18.9 Å². The van der Waals surface area contributed by atoms with Gasteiger partial charge in [-0.25, -0.2) is 9.36 Å². The monoisotopic (exact) mass is 487 g/mol. The summed E-state index contributed by atoms with van der Waals surface area (Å²) < 4.78 is 13.5. The molecule has 0 N–H and O–H groups in total. The highest BCUT2D eigenvalue weighted by atomic mass is 16.5. The molecule has 3 aromatic rings. The van der Waals surface area contributed by atoms with Gasteiger partial charge < -0.3 is 14.4 Å². The molecule has 1 heterocycles. The van der Waals surface area contributed by atoms with Crippen LogP contribution in [0.15, 0.2) is 73.1 Å². The minimum atomic E-state index is -0.356. The number of esters is 1. The fourth-order valence-electron chi connectivity index (χ4n) is 5.02. The molecular weight excluding hydrogens is 448 g/mol. The van der Waals surface area contributed by atoms with E-state index in [-0.39, 0.29) is 5.97 Å². The predicted molar refractivity (Wildman–Crippen MR) is 144 cm³/mol. The number of ether oxygens (including phenoxy) is 2. The Morgan fingerprint density at radius 3 is 2.14 bits per heavy atom. The van der Waals surface area contributed by atoms with E-state index in [1.54, 1.807) is 12.1 Å². The molecule has 36 heavy (non-hydrogen) atoms. The Morgan fingerprint density at radius 1 is 0.889 bits per heavy atom. The lowest BCUT2D eigenvalue weighted by Gasteiger charge is -2.28. The van der Waals surface area contributed by atoms with Gasteiger partial charge in [0.25, 0.3) is 0 Å². The first-order valence-electron chi connectivity index (χ1n) is 13.2. The molecule has 1 aliphatic rings. The van der Waals surface area contributed by atoms with Gasteiger partial charge in [-0.15, -0.1) is 0 Å². The first-order valence-corrected chi connectivity index (χ1v) is 13.2. The molecule has 0 aliphatic heterocycles. The van der Waals surface area contributed by atoms with Crippen molar-refractivity contribution in [1.29, 1.82) is 0 Å². The SMILES string of the molecule is CCCC1CCC(c2ccc(OC(=O)c3ccc(OCC[n+]4ccc(N(C)C)cc4)cc3)cc2)CC1. The predicted octanol–water partition coefficient (Wildman–Crippen LogP) is 6.41. The molecule has 2 aromatic carbocycles. The van der Waals surface area contributed by atoms with Crippen LogP contribution < -0.4 is 18.9 Å². The van der Waals surface area contributed by atoms with E-state index < -0.39 is 0 Å². The number of pyridine rings is 1. The van der Waals surface area contributed by atoms with Gasteiger partial charge in [0, 0.05) is 31.9 Å². The quantitative estimate of drug-likeness (QED) is 0.188. The van der Waals surface area contributed by atoms with E-state index in [2.05, 4.69) is 40.7 Å². The number of anilines is 1. The van der Waals surface area contributed by atoms with Crippen molar-refractivity contribution >= 4 is 11.7 Å². The van der Waals surface area contributed by atoms with E-state index in [0.717, 1.165) is 23.9 Å². The van der Waals surface area contributed by atoms with Crippen LogP contribution >= 0.6 is 0 Å². The summed E-state index contributed by atoms with van der Waals surface area (Å²) in [7, 11) is 4.05. The second-order valence-corrected chi connectivity index (χ2v) is 10.0. The van der Waals surface area contributed by atoms with Crippen LogP contribution in [0.2, 0.25) is 0 Å². The summed E-state index contributed by atoms with van der Waals surface area (Å²) in [6, 6.07) is 19.4. The highest BCUT2D eigenvalue weighted by Crippen LogP contribution is 2.37. The van der Waals surface area contributed by atoms with Crippen molar-refractivity contribution in [2.45, 2.75) is 57.9 Å². The Labute approximate surface area is 215 Å². The highest BCUT2D eigenvalue weighted by molar-refractivity contribution is 5.91. The highest BCUT2D eigenvalue weighted by Gasteiger charge is 2.22. The van der Waals surface area contributed by atoms with Gasteiger partial charge in [0.1, 0.15) is 18.1 Å². The Balaban J connectivity index is 1.23. The zero-order valence-electron chi connectivity index (χ0n) is 21.9. The van der Waals surface area contributed by atoms with E-state index in [1.165, 1.54) is 44.1 Å². The summed E-state index contributed by atoms with van der Waals surface area (Å²) in [6.07, 6.45) is 11.9. The zero-order valence-corrected chi connectivity index (χ0v) is 21.9. The van der Waals surface area contributed by atoms with Crippen LogP contribution in [0.1, 0.15) is 67.3 Å². The summed E-state index contributed by atoms with van der Waals surface area (Å²) >= 11 is 0. The molecule has 0 unspecified atom stereocenters. The summed E-state index contributed by atoms with van der Waals surface area (Å²) in [5.41, 5.74) is 3.03. The summed E-state index contributed by atoms with van der Waals surface area (Å²) in [4.78, 5) is 14.7. The molecule has 5 heteroatoms. The maximum absolute atomic E-state index is 12.6. The van der Waals surface area contributed by atoms with Gasteiger partial charge in [-0.05, 0) is 79.5 Å². The van der Waals surface area contributed by atoms with Crippen LogP contribution in [-0.2, 0) is 6.54 Å². The zero-order chi connectivity index (χ0) is 25.3. The van der Waals surface area contributed by atoms with Gasteiger partial charge in [0.05, 0.1) is 5.56 Å². The van der Waals surface area contributed by atoms with Crippen LogP contribution in [-0.4, -0.2) is 26.7 Å². The lowest BCUT2D eigenvalue weighted by molar-refractivity contribution is -0.697. The van der Waals surface area contributed by atoms with Gasteiger partial charge in [-0.2, -0.15) is 0 Å². The van der Waals surface area contributed by atoms with E-state index in [0.29, 0.717) is 23.8 Å². The first-order chi connectivity index (χ1) is 17.5. The molecule has 0 saturated heterocycles. The van der Waals surface area contributed by atoms with E-state index in [4.69, 9.17) is 9.47 Å². The third-order valence-corrected chi connectivity index (χ3v) is 7.20. The van der Waals surface area contributed by atoms with Gasteiger partial charge in [-0.3, -0.25) is 0 Å². The van der Waals surface area contributed by atoms with Crippen molar-refractivity contribution in [3.05, 3.63) is 84.2 Å². The Hall–Kier alpha value is -3.34. The largest absolute Gasteiger partial charge is 0.487 e. The van der Waals surface area contributed by atoms with Crippen molar-refractivity contribution in [3.63, 3.8) is 0 Å². The average Bonchev–Trinajstić information content (AvgIpc) is 2.90. The molecule has 0 atom stereocenters. The van der Waals surface area contributed by atoms with Crippen molar-refractivity contribution in [3.8, 4) is 11.5 Å². The maximum Gasteiger partial charge on any atom is 0.343 e. The number of rotatable bonds is 10. The van der Waals surface area contributed by atoms with E-state index in [9.17, 15) is 4.79 Å². The molecule has 0 radical (unpaired) electrons. The minimum Gasteiger partial charge on any atom is -0.487 e. The smallest absolute Gasteiger partial charge is 0.343 e. The Kier molecular flexibility index (Phi) is 8.99. The van der Waals surface area contributed by atoms with Crippen molar-refractivity contribution in [2.75, 3.05) is 25.6 Å². The van der Waals surface area contributed by atoms with Gasteiger partial charge in [-0.1, -0.05) is 31.9 Å². The summed E-state index contributed by atoms with van der Waals surface area (Å²) in [6.45, 7) is 3.57. The molecule has 1 fully saturated rings. The molecule has 1 aromatic heterocycles. The van der Waals surface area contributed by atoms with Gasteiger partial charge in [0.2, 0.25) is 0 Å². The van der Waals surface area contributed by atoms with Crippen molar-refractivity contribution in [1.82, 2.24) is 0 Å². The molecular formula is C31H39N2O3+. The first kappa shape index (κ1) is 25.7. The summed E-state index contributed by atoms with van der Waals surface area (Å²) in [5.74, 6) is 2.50. The Morgan fingerprint density at radius 2 is 1.53 bits per heavy atom. The number of carbonyl (C=O) groups is 1. The normalized spacial score (nSPS) is 17.4. The third-order valence-electron chi connectivity index (χ3n) is 7.20. The average molecular weight is 488 g/mol. The minimum absolute atomic E-state index is 0.356. The number of benzene rings is 2. The number of carbonyl (C=O) groups excluding carboxylic acids is 1. The lowest BCUT2D eigenvalue weighted by Crippen LogP contribution is -2.35.